The number of methoxy groups -OCH3 is 3. The molecule has 0 saturated heterocycles. The van der Waals surface area contributed by atoms with Gasteiger partial charge in [-0.2, -0.15) is 0 Å². The van der Waals surface area contributed by atoms with Gasteiger partial charge in [0.15, 0.2) is 11.5 Å². The van der Waals surface area contributed by atoms with Crippen molar-refractivity contribution in [2.75, 3.05) is 27.9 Å². The fourth-order valence-corrected chi connectivity index (χ4v) is 4.86. The van der Waals surface area contributed by atoms with Crippen molar-refractivity contribution < 1.29 is 28.6 Å². The van der Waals surface area contributed by atoms with Crippen molar-refractivity contribution in [1.29, 1.82) is 0 Å². The fraction of sp³-hybridized carbons (Fsp3) is 0.323. The minimum atomic E-state index is -0.799. The highest BCUT2D eigenvalue weighted by Gasteiger charge is 2.37. The molecule has 1 aliphatic heterocycles. The van der Waals surface area contributed by atoms with Crippen molar-refractivity contribution in [2.45, 2.75) is 38.3 Å². The zero-order valence-electron chi connectivity index (χ0n) is 22.6. The van der Waals surface area contributed by atoms with Gasteiger partial charge in [0.1, 0.15) is 6.04 Å². The summed E-state index contributed by atoms with van der Waals surface area (Å²) in [7, 11) is 4.34. The molecule has 8 heteroatoms. The van der Waals surface area contributed by atoms with Gasteiger partial charge in [0.25, 0.3) is 11.7 Å². The molecule has 2 amide bonds. The summed E-state index contributed by atoms with van der Waals surface area (Å²) in [6.07, 6.45) is 3.00. The van der Waals surface area contributed by atoms with Gasteiger partial charge in [-0.05, 0) is 48.1 Å². The van der Waals surface area contributed by atoms with E-state index >= 15 is 0 Å². The quantitative estimate of drug-likeness (QED) is 0.229. The van der Waals surface area contributed by atoms with Crippen LogP contribution >= 0.6 is 0 Å². The predicted molar refractivity (Wildman–Crippen MR) is 147 cm³/mol. The first kappa shape index (κ1) is 27.7. The van der Waals surface area contributed by atoms with Gasteiger partial charge >= 0.3 is 0 Å². The number of benzene rings is 3. The molecule has 39 heavy (non-hydrogen) atoms. The first-order chi connectivity index (χ1) is 19.0. The summed E-state index contributed by atoms with van der Waals surface area (Å²) in [6, 6.07) is 20.0. The standard InChI is InChI=1S/C31H34N2O6/c1-37-26-18-24(19-27(38-2)29(26)39-3)28(34)31(36)33-20-23-15-8-7-14-22(23)17-25(33)30(35)32-16-10-9-13-21-11-5-4-6-12-21/h4-8,11-12,14-15,18-19,25H,9-10,13,16-17,20H2,1-3H3,(H,32,35). The maximum absolute atomic E-state index is 13.6. The molecule has 0 spiro atoms. The van der Waals surface area contributed by atoms with Crippen LogP contribution in [0.3, 0.4) is 0 Å². The maximum atomic E-state index is 13.6. The van der Waals surface area contributed by atoms with Crippen LogP contribution in [0.2, 0.25) is 0 Å². The van der Waals surface area contributed by atoms with E-state index in [9.17, 15) is 14.4 Å². The van der Waals surface area contributed by atoms with E-state index in [2.05, 4.69) is 17.4 Å². The Balaban J connectivity index is 1.49. The summed E-state index contributed by atoms with van der Waals surface area (Å²) in [6.45, 7) is 0.657. The summed E-state index contributed by atoms with van der Waals surface area (Å²) in [5.74, 6) is -0.934. The largest absolute Gasteiger partial charge is 0.493 e. The molecule has 4 rings (SSSR count). The first-order valence-electron chi connectivity index (χ1n) is 13.0. The molecule has 3 aromatic rings. The Labute approximate surface area is 228 Å². The summed E-state index contributed by atoms with van der Waals surface area (Å²) < 4.78 is 16.0. The van der Waals surface area contributed by atoms with Crippen LogP contribution in [0.4, 0.5) is 0 Å². The number of aryl methyl sites for hydroxylation is 1. The summed E-state index contributed by atoms with van der Waals surface area (Å²) in [5, 5.41) is 2.98. The molecule has 0 radical (unpaired) electrons. The number of hydrogen-bond acceptors (Lipinski definition) is 6. The Kier molecular flexibility index (Phi) is 9.20. The number of carbonyl (C=O) groups is 3. The first-order valence-corrected chi connectivity index (χ1v) is 13.0. The van der Waals surface area contributed by atoms with Crippen molar-refractivity contribution in [1.82, 2.24) is 10.2 Å². The van der Waals surface area contributed by atoms with E-state index in [0.717, 1.165) is 30.4 Å². The molecule has 0 saturated carbocycles. The smallest absolute Gasteiger partial charge is 0.295 e. The topological polar surface area (TPSA) is 94.2 Å². The van der Waals surface area contributed by atoms with Gasteiger partial charge in [0, 0.05) is 25.1 Å². The molecule has 1 unspecified atom stereocenters. The van der Waals surface area contributed by atoms with E-state index in [4.69, 9.17) is 14.2 Å². The van der Waals surface area contributed by atoms with Crippen LogP contribution in [-0.4, -0.2) is 56.4 Å². The lowest BCUT2D eigenvalue weighted by molar-refractivity contribution is -0.138. The molecule has 0 fully saturated rings. The highest BCUT2D eigenvalue weighted by atomic mass is 16.5. The normalized spacial score (nSPS) is 14.2. The summed E-state index contributed by atoms with van der Waals surface area (Å²) >= 11 is 0. The van der Waals surface area contributed by atoms with E-state index in [1.165, 1.54) is 43.9 Å². The number of fused-ring (bicyclic) bond motifs is 1. The minimum Gasteiger partial charge on any atom is -0.493 e. The van der Waals surface area contributed by atoms with E-state index < -0.39 is 17.7 Å². The van der Waals surface area contributed by atoms with Crippen LogP contribution in [-0.2, 0) is 29.0 Å². The van der Waals surface area contributed by atoms with Gasteiger partial charge in [-0.15, -0.1) is 0 Å². The third-order valence-electron chi connectivity index (χ3n) is 6.97. The van der Waals surface area contributed by atoms with Crippen molar-refractivity contribution >= 4 is 17.6 Å². The van der Waals surface area contributed by atoms with E-state index in [1.807, 2.05) is 42.5 Å². The third kappa shape index (κ3) is 6.39. The van der Waals surface area contributed by atoms with Crippen molar-refractivity contribution in [2.24, 2.45) is 0 Å². The van der Waals surface area contributed by atoms with Gasteiger partial charge in [-0.3, -0.25) is 14.4 Å². The molecule has 0 aromatic heterocycles. The highest BCUT2D eigenvalue weighted by molar-refractivity contribution is 6.43. The Morgan fingerprint density at radius 1 is 0.846 bits per heavy atom. The Bertz CT molecular complexity index is 1300. The van der Waals surface area contributed by atoms with Crippen molar-refractivity contribution in [3.8, 4) is 17.2 Å². The van der Waals surface area contributed by atoms with Crippen LogP contribution in [0.5, 0.6) is 17.2 Å². The monoisotopic (exact) mass is 530 g/mol. The zero-order chi connectivity index (χ0) is 27.8. The number of ether oxygens (including phenoxy) is 3. The minimum absolute atomic E-state index is 0.0911. The lowest BCUT2D eigenvalue weighted by atomic mass is 9.92. The molecule has 1 N–H and O–H groups in total. The van der Waals surface area contributed by atoms with E-state index in [0.29, 0.717) is 18.7 Å². The van der Waals surface area contributed by atoms with Crippen molar-refractivity contribution in [3.05, 3.63) is 89.0 Å². The molecule has 0 bridgehead atoms. The highest BCUT2D eigenvalue weighted by Crippen LogP contribution is 2.38. The van der Waals surface area contributed by atoms with E-state index in [-0.39, 0.29) is 29.5 Å². The second-order valence-corrected chi connectivity index (χ2v) is 9.40. The molecule has 1 atom stereocenters. The Morgan fingerprint density at radius 3 is 2.13 bits per heavy atom. The third-order valence-corrected chi connectivity index (χ3v) is 6.97. The number of ketones is 1. The second kappa shape index (κ2) is 13.0. The summed E-state index contributed by atoms with van der Waals surface area (Å²) in [4.78, 5) is 41.7. The van der Waals surface area contributed by atoms with E-state index in [1.54, 1.807) is 0 Å². The zero-order valence-corrected chi connectivity index (χ0v) is 22.6. The number of unbranched alkanes of at least 4 members (excludes halogenated alkanes) is 1. The number of rotatable bonds is 11. The number of amides is 2. The Hall–Kier alpha value is -4.33. The lowest BCUT2D eigenvalue weighted by Crippen LogP contribution is -2.54. The number of nitrogens with zero attached hydrogens (tertiary/aromatic N) is 1. The number of carbonyl (C=O) groups excluding carboxylic acids is 3. The molecule has 8 nitrogen and oxygen atoms in total. The van der Waals surface area contributed by atoms with Crippen LogP contribution in [0.25, 0.3) is 0 Å². The molecular formula is C31H34N2O6. The lowest BCUT2D eigenvalue weighted by Gasteiger charge is -2.35. The Morgan fingerprint density at radius 2 is 1.49 bits per heavy atom. The summed E-state index contributed by atoms with van der Waals surface area (Å²) in [5.41, 5.74) is 3.25. The van der Waals surface area contributed by atoms with Crippen molar-refractivity contribution in [3.63, 3.8) is 0 Å². The fourth-order valence-electron chi connectivity index (χ4n) is 4.86. The average molecular weight is 531 g/mol. The molecule has 204 valence electrons. The second-order valence-electron chi connectivity index (χ2n) is 9.40. The molecule has 0 aliphatic carbocycles. The molecular weight excluding hydrogens is 496 g/mol. The van der Waals surface area contributed by atoms with Gasteiger partial charge in [-0.25, -0.2) is 0 Å². The van der Waals surface area contributed by atoms with Crippen LogP contribution in [0, 0.1) is 0 Å². The maximum Gasteiger partial charge on any atom is 0.295 e. The molecule has 1 aliphatic rings. The average Bonchev–Trinajstić information content (AvgIpc) is 2.99. The number of hydrogen-bond donors (Lipinski definition) is 1. The van der Waals surface area contributed by atoms with Gasteiger partial charge < -0.3 is 24.4 Å². The number of nitrogens with one attached hydrogen (secondary N) is 1. The van der Waals surface area contributed by atoms with Gasteiger partial charge in [0.2, 0.25) is 11.7 Å². The van der Waals surface area contributed by atoms with Crippen LogP contribution in [0.15, 0.2) is 66.7 Å². The molecule has 3 aromatic carbocycles. The predicted octanol–water partition coefficient (Wildman–Crippen LogP) is 3.99. The van der Waals surface area contributed by atoms with Crippen LogP contribution < -0.4 is 19.5 Å². The SMILES string of the molecule is COc1cc(C(=O)C(=O)N2Cc3ccccc3CC2C(=O)NCCCCc2ccccc2)cc(OC)c1OC. The van der Waals surface area contributed by atoms with Gasteiger partial charge in [0.05, 0.1) is 21.3 Å². The van der Waals surface area contributed by atoms with Crippen LogP contribution in [0.1, 0.15) is 39.9 Å². The molecule has 1 heterocycles. The van der Waals surface area contributed by atoms with Gasteiger partial charge in [-0.1, -0.05) is 54.6 Å². The number of Topliss-reactive ketones (excluding diaryl/α,β-unsaturated/α-hetero) is 1.